The number of phenols is 1. The van der Waals surface area contributed by atoms with Crippen molar-refractivity contribution in [2.75, 3.05) is 12.6 Å². The van der Waals surface area contributed by atoms with Crippen LogP contribution in [0.5, 0.6) is 11.5 Å². The van der Waals surface area contributed by atoms with E-state index in [-0.39, 0.29) is 16.9 Å². The van der Waals surface area contributed by atoms with E-state index in [9.17, 15) is 14.7 Å². The topological polar surface area (TPSA) is 110 Å². The van der Waals surface area contributed by atoms with Crippen LogP contribution in [0.15, 0.2) is 83.0 Å². The van der Waals surface area contributed by atoms with Gasteiger partial charge >= 0.3 is 5.97 Å². The van der Waals surface area contributed by atoms with E-state index < -0.39 is 11.9 Å². The van der Waals surface area contributed by atoms with Crippen molar-refractivity contribution in [2.45, 2.75) is 0 Å². The molecule has 0 aromatic heterocycles. The highest BCUT2D eigenvalue weighted by molar-refractivity contribution is 5.97. The van der Waals surface area contributed by atoms with E-state index in [4.69, 9.17) is 9.57 Å². The number of azo groups is 1. The maximum absolute atomic E-state index is 12.1. The molecular formula is C21H17N3O5. The molecule has 3 aromatic carbocycles. The van der Waals surface area contributed by atoms with Crippen molar-refractivity contribution >= 4 is 23.3 Å². The molecule has 146 valence electrons. The number of ether oxygens (including phenoxy) is 1. The second kappa shape index (κ2) is 9.14. The lowest BCUT2D eigenvalue weighted by atomic mass is 10.2. The predicted octanol–water partition coefficient (Wildman–Crippen LogP) is 4.51. The van der Waals surface area contributed by atoms with Gasteiger partial charge in [0.2, 0.25) is 0 Å². The largest absolute Gasteiger partial charge is 0.507 e. The van der Waals surface area contributed by atoms with Crippen LogP contribution in [0.2, 0.25) is 0 Å². The molecule has 0 radical (unpaired) electrons. The van der Waals surface area contributed by atoms with Gasteiger partial charge in [-0.15, -0.1) is 10.2 Å². The number of benzene rings is 3. The van der Waals surface area contributed by atoms with Gasteiger partial charge in [-0.05, 0) is 48.5 Å². The van der Waals surface area contributed by atoms with Gasteiger partial charge in [-0.3, -0.25) is 4.79 Å². The van der Waals surface area contributed by atoms with Gasteiger partial charge in [-0.1, -0.05) is 24.3 Å². The molecule has 0 unspecified atom stereocenters. The quantitative estimate of drug-likeness (QED) is 0.473. The van der Waals surface area contributed by atoms with Crippen LogP contribution in [0.25, 0.3) is 0 Å². The van der Waals surface area contributed by atoms with Gasteiger partial charge in [0.25, 0.3) is 5.91 Å². The standard InChI is InChI=1S/C21H17N3O5/c1-28-19-9-5-3-7-17(19)21(27)29-24-15-12-10-14(11-13-15)22-23-20(26)16-6-2-4-8-18(16)25/h2-13,24-25H,1H3. The first kappa shape index (κ1) is 19.6. The van der Waals surface area contributed by atoms with Gasteiger partial charge in [0.05, 0.1) is 24.0 Å². The highest BCUT2D eigenvalue weighted by Crippen LogP contribution is 2.21. The minimum absolute atomic E-state index is 0.0674. The number of phenolic OH excluding ortho intramolecular Hbond substituents is 1. The Bertz CT molecular complexity index is 1050. The monoisotopic (exact) mass is 391 g/mol. The molecule has 8 heteroatoms. The summed E-state index contributed by atoms with van der Waals surface area (Å²) >= 11 is 0. The minimum Gasteiger partial charge on any atom is -0.507 e. The number of carbonyl (C=O) groups is 2. The molecule has 8 nitrogen and oxygen atoms in total. The molecule has 0 aliphatic carbocycles. The van der Waals surface area contributed by atoms with Crippen LogP contribution in [0.1, 0.15) is 20.7 Å². The summed E-state index contributed by atoms with van der Waals surface area (Å²) in [6.07, 6.45) is 0. The van der Waals surface area contributed by atoms with Crippen molar-refractivity contribution in [1.82, 2.24) is 0 Å². The normalized spacial score (nSPS) is 10.5. The van der Waals surface area contributed by atoms with E-state index in [1.165, 1.54) is 19.2 Å². The summed E-state index contributed by atoms with van der Waals surface area (Å²) in [6, 6.07) is 19.2. The van der Waals surface area contributed by atoms with Crippen molar-refractivity contribution in [3.05, 3.63) is 83.9 Å². The SMILES string of the molecule is COc1ccccc1C(=O)ONc1ccc(N=NC(=O)c2ccccc2O)cc1. The number of anilines is 1. The summed E-state index contributed by atoms with van der Waals surface area (Å²) in [5.74, 6) is -1.01. The third-order valence-electron chi connectivity index (χ3n) is 3.85. The Kier molecular flexibility index (Phi) is 6.16. The van der Waals surface area contributed by atoms with Crippen LogP contribution in [0.4, 0.5) is 11.4 Å². The fourth-order valence-electron chi connectivity index (χ4n) is 2.38. The molecule has 29 heavy (non-hydrogen) atoms. The van der Waals surface area contributed by atoms with E-state index in [2.05, 4.69) is 15.7 Å². The van der Waals surface area contributed by atoms with Crippen LogP contribution in [-0.4, -0.2) is 24.1 Å². The zero-order chi connectivity index (χ0) is 20.6. The van der Waals surface area contributed by atoms with Crippen molar-refractivity contribution in [3.8, 4) is 11.5 Å². The summed E-state index contributed by atoms with van der Waals surface area (Å²) in [5.41, 5.74) is 3.81. The van der Waals surface area contributed by atoms with Gasteiger partial charge in [-0.25, -0.2) is 10.3 Å². The van der Waals surface area contributed by atoms with Crippen LogP contribution in [0, 0.1) is 0 Å². The molecule has 0 aliphatic heterocycles. The fourth-order valence-corrected chi connectivity index (χ4v) is 2.38. The third-order valence-corrected chi connectivity index (χ3v) is 3.85. The van der Waals surface area contributed by atoms with Crippen LogP contribution < -0.4 is 10.2 Å². The number of hydrogen-bond acceptors (Lipinski definition) is 7. The molecule has 3 aromatic rings. The molecule has 0 heterocycles. The first-order valence-electron chi connectivity index (χ1n) is 8.53. The summed E-state index contributed by atoms with van der Waals surface area (Å²) in [6.45, 7) is 0. The number of methoxy groups -OCH3 is 1. The maximum atomic E-state index is 12.1. The Morgan fingerprint density at radius 1 is 0.897 bits per heavy atom. The Morgan fingerprint density at radius 2 is 1.55 bits per heavy atom. The van der Waals surface area contributed by atoms with Gasteiger partial charge in [0, 0.05) is 0 Å². The Morgan fingerprint density at radius 3 is 2.24 bits per heavy atom. The lowest BCUT2D eigenvalue weighted by molar-refractivity contribution is 0.0592. The molecule has 0 saturated heterocycles. The number of carbonyl (C=O) groups excluding carboxylic acids is 2. The van der Waals surface area contributed by atoms with Crippen LogP contribution in [-0.2, 0) is 4.84 Å². The molecule has 0 spiro atoms. The zero-order valence-corrected chi connectivity index (χ0v) is 15.4. The third kappa shape index (κ3) is 4.95. The highest BCUT2D eigenvalue weighted by atomic mass is 16.7. The number of nitrogens with zero attached hydrogens (tertiary/aromatic N) is 2. The van der Waals surface area contributed by atoms with Gasteiger partial charge in [0.15, 0.2) is 0 Å². The van der Waals surface area contributed by atoms with Gasteiger partial charge < -0.3 is 14.7 Å². The first-order valence-corrected chi connectivity index (χ1v) is 8.53. The highest BCUT2D eigenvalue weighted by Gasteiger charge is 2.13. The van der Waals surface area contributed by atoms with E-state index in [1.807, 2.05) is 0 Å². The Hall–Kier alpha value is -4.20. The molecule has 0 aliphatic rings. The smallest absolute Gasteiger partial charge is 0.366 e. The van der Waals surface area contributed by atoms with Crippen molar-refractivity contribution < 1.29 is 24.3 Å². The second-order valence-corrected chi connectivity index (χ2v) is 5.76. The van der Waals surface area contributed by atoms with Gasteiger partial charge in [-0.2, -0.15) is 0 Å². The maximum Gasteiger partial charge on any atom is 0.366 e. The summed E-state index contributed by atoms with van der Waals surface area (Å²) in [4.78, 5) is 29.2. The number of nitrogens with one attached hydrogen (secondary N) is 1. The number of aromatic hydroxyl groups is 1. The Balaban J connectivity index is 1.59. The van der Waals surface area contributed by atoms with Crippen LogP contribution >= 0.6 is 0 Å². The molecular weight excluding hydrogens is 374 g/mol. The zero-order valence-electron chi connectivity index (χ0n) is 15.4. The van der Waals surface area contributed by atoms with Crippen molar-refractivity contribution in [2.24, 2.45) is 10.2 Å². The van der Waals surface area contributed by atoms with Crippen molar-refractivity contribution in [1.29, 1.82) is 0 Å². The predicted molar refractivity (Wildman–Crippen MR) is 105 cm³/mol. The molecule has 3 rings (SSSR count). The molecule has 0 atom stereocenters. The van der Waals surface area contributed by atoms with Crippen LogP contribution in [0.3, 0.4) is 0 Å². The lowest BCUT2D eigenvalue weighted by Crippen LogP contribution is -2.11. The lowest BCUT2D eigenvalue weighted by Gasteiger charge is -2.09. The second-order valence-electron chi connectivity index (χ2n) is 5.76. The van der Waals surface area contributed by atoms with E-state index in [0.717, 1.165) is 0 Å². The number of rotatable bonds is 6. The molecule has 1 amide bonds. The van der Waals surface area contributed by atoms with E-state index in [1.54, 1.807) is 60.7 Å². The summed E-state index contributed by atoms with van der Waals surface area (Å²) in [5, 5.41) is 17.1. The first-order chi connectivity index (χ1) is 14.1. The number of amides is 1. The molecule has 0 bridgehead atoms. The summed E-state index contributed by atoms with van der Waals surface area (Å²) < 4.78 is 5.13. The fraction of sp³-hybridized carbons (Fsp3) is 0.0476. The minimum atomic E-state index is -0.656. The average Bonchev–Trinajstić information content (AvgIpc) is 2.76. The van der Waals surface area contributed by atoms with E-state index in [0.29, 0.717) is 17.1 Å². The Labute approximate surface area is 166 Å². The van der Waals surface area contributed by atoms with Gasteiger partial charge in [0.1, 0.15) is 17.1 Å². The number of para-hydroxylation sites is 2. The molecule has 2 N–H and O–H groups in total. The molecule has 0 saturated carbocycles. The average molecular weight is 391 g/mol. The van der Waals surface area contributed by atoms with Crippen molar-refractivity contribution in [3.63, 3.8) is 0 Å². The number of hydrogen-bond donors (Lipinski definition) is 2. The van der Waals surface area contributed by atoms with E-state index >= 15 is 0 Å². The summed E-state index contributed by atoms with van der Waals surface area (Å²) in [7, 11) is 1.47. The molecule has 0 fully saturated rings.